The smallest absolute Gasteiger partial charge is 0.251 e. The molecule has 18 heavy (non-hydrogen) atoms. The van der Waals surface area contributed by atoms with Crippen LogP contribution in [-0.2, 0) is 4.74 Å². The maximum atomic E-state index is 11.9. The highest BCUT2D eigenvalue weighted by Crippen LogP contribution is 2.13. The van der Waals surface area contributed by atoms with Crippen molar-refractivity contribution >= 4 is 5.91 Å². The first-order chi connectivity index (χ1) is 8.79. The predicted molar refractivity (Wildman–Crippen MR) is 64.8 cm³/mol. The van der Waals surface area contributed by atoms with Gasteiger partial charge in [0.1, 0.15) is 11.8 Å². The molecule has 0 radical (unpaired) electrons. The van der Waals surface area contributed by atoms with Crippen molar-refractivity contribution in [2.75, 3.05) is 19.8 Å². The van der Waals surface area contributed by atoms with E-state index in [9.17, 15) is 4.79 Å². The Morgan fingerprint density at radius 1 is 1.56 bits per heavy atom. The van der Waals surface area contributed by atoms with Gasteiger partial charge in [0.2, 0.25) is 0 Å². The van der Waals surface area contributed by atoms with Gasteiger partial charge in [0.25, 0.3) is 5.91 Å². The van der Waals surface area contributed by atoms with Gasteiger partial charge in [-0.15, -0.1) is 0 Å². The monoisotopic (exact) mass is 245 g/mol. The van der Waals surface area contributed by atoms with Crippen LogP contribution in [0.1, 0.15) is 28.9 Å². The second kappa shape index (κ2) is 6.12. The highest BCUT2D eigenvalue weighted by atomic mass is 16.5. The number of aromatic nitrogens is 1. The largest absolute Gasteiger partial charge is 0.381 e. The SMILES string of the molecule is N#Cc1cc(C(=O)NCC2CCOCC2)ccn1. The molecule has 1 amide bonds. The van der Waals surface area contributed by atoms with Crippen LogP contribution in [0.3, 0.4) is 0 Å². The van der Waals surface area contributed by atoms with Gasteiger partial charge in [-0.3, -0.25) is 4.79 Å². The van der Waals surface area contributed by atoms with Crippen molar-refractivity contribution in [3.05, 3.63) is 29.6 Å². The summed E-state index contributed by atoms with van der Waals surface area (Å²) in [5.74, 6) is 0.334. The molecule has 0 spiro atoms. The molecule has 2 rings (SSSR count). The van der Waals surface area contributed by atoms with E-state index in [0.29, 0.717) is 18.0 Å². The number of nitrogens with one attached hydrogen (secondary N) is 1. The maximum Gasteiger partial charge on any atom is 0.251 e. The van der Waals surface area contributed by atoms with E-state index >= 15 is 0 Å². The van der Waals surface area contributed by atoms with Crippen molar-refractivity contribution in [2.24, 2.45) is 5.92 Å². The van der Waals surface area contributed by atoms with Gasteiger partial charge in [-0.2, -0.15) is 5.26 Å². The number of ether oxygens (including phenoxy) is 1. The van der Waals surface area contributed by atoms with E-state index in [4.69, 9.17) is 10.00 Å². The average Bonchev–Trinajstić information content (AvgIpc) is 2.46. The lowest BCUT2D eigenvalue weighted by Gasteiger charge is -2.22. The molecule has 2 heterocycles. The number of carbonyl (C=O) groups excluding carboxylic acids is 1. The van der Waals surface area contributed by atoms with Crippen molar-refractivity contribution < 1.29 is 9.53 Å². The molecule has 1 saturated heterocycles. The third-order valence-electron chi connectivity index (χ3n) is 3.03. The first-order valence-electron chi connectivity index (χ1n) is 6.01. The van der Waals surface area contributed by atoms with Crippen molar-refractivity contribution in [2.45, 2.75) is 12.8 Å². The van der Waals surface area contributed by atoms with Gasteiger partial charge >= 0.3 is 0 Å². The molecule has 5 nitrogen and oxygen atoms in total. The quantitative estimate of drug-likeness (QED) is 0.865. The van der Waals surface area contributed by atoms with E-state index in [1.165, 1.54) is 12.3 Å². The van der Waals surface area contributed by atoms with Crippen LogP contribution in [0.4, 0.5) is 0 Å². The second-order valence-corrected chi connectivity index (χ2v) is 4.31. The lowest BCUT2D eigenvalue weighted by molar-refractivity contribution is 0.0642. The Balaban J connectivity index is 1.89. The number of carbonyl (C=O) groups is 1. The van der Waals surface area contributed by atoms with Gasteiger partial charge in [-0.05, 0) is 30.9 Å². The molecule has 0 unspecified atom stereocenters. The summed E-state index contributed by atoms with van der Waals surface area (Å²) in [6, 6.07) is 5.03. The third-order valence-corrected chi connectivity index (χ3v) is 3.03. The number of nitrogens with zero attached hydrogens (tertiary/aromatic N) is 2. The Hall–Kier alpha value is -1.93. The number of pyridine rings is 1. The molecular formula is C13H15N3O2. The van der Waals surface area contributed by atoms with Gasteiger partial charge in [-0.1, -0.05) is 0 Å². The van der Waals surface area contributed by atoms with Crippen LogP contribution >= 0.6 is 0 Å². The summed E-state index contributed by atoms with van der Waals surface area (Å²) in [5, 5.41) is 11.6. The van der Waals surface area contributed by atoms with Crippen LogP contribution in [0.5, 0.6) is 0 Å². The van der Waals surface area contributed by atoms with E-state index in [-0.39, 0.29) is 11.6 Å². The highest BCUT2D eigenvalue weighted by Gasteiger charge is 2.15. The lowest BCUT2D eigenvalue weighted by Crippen LogP contribution is -2.32. The van der Waals surface area contributed by atoms with E-state index in [1.807, 2.05) is 6.07 Å². The summed E-state index contributed by atoms with van der Waals surface area (Å²) in [4.78, 5) is 15.7. The van der Waals surface area contributed by atoms with E-state index in [0.717, 1.165) is 26.1 Å². The highest BCUT2D eigenvalue weighted by molar-refractivity contribution is 5.94. The lowest BCUT2D eigenvalue weighted by atomic mass is 10.0. The van der Waals surface area contributed by atoms with Crippen LogP contribution < -0.4 is 5.32 Å². The first kappa shape index (κ1) is 12.5. The molecule has 0 saturated carbocycles. The Bertz CT molecular complexity index is 462. The zero-order valence-electron chi connectivity index (χ0n) is 10.1. The van der Waals surface area contributed by atoms with Crippen LogP contribution in [0, 0.1) is 17.2 Å². The third kappa shape index (κ3) is 3.28. The Kier molecular flexibility index (Phi) is 4.26. The fourth-order valence-corrected chi connectivity index (χ4v) is 1.92. The molecule has 1 N–H and O–H groups in total. The van der Waals surface area contributed by atoms with E-state index in [2.05, 4.69) is 10.3 Å². The average molecular weight is 245 g/mol. The van der Waals surface area contributed by atoms with E-state index < -0.39 is 0 Å². The number of hydrogen-bond donors (Lipinski definition) is 1. The molecule has 5 heteroatoms. The zero-order valence-corrected chi connectivity index (χ0v) is 10.1. The summed E-state index contributed by atoms with van der Waals surface area (Å²) in [6.07, 6.45) is 3.45. The summed E-state index contributed by atoms with van der Waals surface area (Å²) in [6.45, 7) is 2.20. The molecule has 0 aromatic carbocycles. The minimum Gasteiger partial charge on any atom is -0.381 e. The van der Waals surface area contributed by atoms with Crippen molar-refractivity contribution in [3.8, 4) is 6.07 Å². The number of hydrogen-bond acceptors (Lipinski definition) is 4. The van der Waals surface area contributed by atoms with E-state index in [1.54, 1.807) is 6.07 Å². The zero-order chi connectivity index (χ0) is 12.8. The molecule has 1 aromatic rings. The standard InChI is InChI=1S/C13H15N3O2/c14-8-12-7-11(1-4-15-12)13(17)16-9-10-2-5-18-6-3-10/h1,4,7,10H,2-3,5-6,9H2,(H,16,17). The minimum atomic E-state index is -0.152. The van der Waals surface area contributed by atoms with Gasteiger partial charge in [0, 0.05) is 31.5 Å². The molecule has 1 aliphatic heterocycles. The molecule has 0 aliphatic carbocycles. The predicted octanol–water partition coefficient (Wildman–Crippen LogP) is 1.11. The normalized spacial score (nSPS) is 15.9. The Morgan fingerprint density at radius 3 is 3.06 bits per heavy atom. The second-order valence-electron chi connectivity index (χ2n) is 4.31. The van der Waals surface area contributed by atoms with Crippen molar-refractivity contribution in [1.82, 2.24) is 10.3 Å². The molecule has 94 valence electrons. The Morgan fingerprint density at radius 2 is 2.33 bits per heavy atom. The number of rotatable bonds is 3. The first-order valence-corrected chi connectivity index (χ1v) is 6.01. The summed E-state index contributed by atoms with van der Waals surface area (Å²) in [7, 11) is 0. The van der Waals surface area contributed by atoms with Crippen LogP contribution in [0.2, 0.25) is 0 Å². The maximum absolute atomic E-state index is 11.9. The molecule has 1 aliphatic rings. The minimum absolute atomic E-state index is 0.152. The van der Waals surface area contributed by atoms with Gasteiger partial charge in [0.15, 0.2) is 0 Å². The topological polar surface area (TPSA) is 75.0 Å². The van der Waals surface area contributed by atoms with Crippen molar-refractivity contribution in [1.29, 1.82) is 5.26 Å². The van der Waals surface area contributed by atoms with Gasteiger partial charge in [-0.25, -0.2) is 4.98 Å². The number of amides is 1. The molecule has 0 bridgehead atoms. The fourth-order valence-electron chi connectivity index (χ4n) is 1.92. The summed E-state index contributed by atoms with van der Waals surface area (Å²) in [5.41, 5.74) is 0.738. The van der Waals surface area contributed by atoms with Gasteiger partial charge < -0.3 is 10.1 Å². The van der Waals surface area contributed by atoms with Crippen LogP contribution in [-0.4, -0.2) is 30.6 Å². The Labute approximate surface area is 106 Å². The van der Waals surface area contributed by atoms with Crippen LogP contribution in [0.25, 0.3) is 0 Å². The molecule has 0 atom stereocenters. The van der Waals surface area contributed by atoms with Crippen LogP contribution in [0.15, 0.2) is 18.3 Å². The van der Waals surface area contributed by atoms with Crippen molar-refractivity contribution in [3.63, 3.8) is 0 Å². The molecule has 1 aromatic heterocycles. The fraction of sp³-hybridized carbons (Fsp3) is 0.462. The summed E-state index contributed by atoms with van der Waals surface area (Å²) < 4.78 is 5.26. The van der Waals surface area contributed by atoms with Gasteiger partial charge in [0.05, 0.1) is 0 Å². The summed E-state index contributed by atoms with van der Waals surface area (Å²) >= 11 is 0. The molecule has 1 fully saturated rings. The molecular weight excluding hydrogens is 230 g/mol. The number of nitriles is 1.